The fourth-order valence-corrected chi connectivity index (χ4v) is 4.64. The van der Waals surface area contributed by atoms with Crippen LogP contribution in [0.15, 0.2) is 0 Å². The van der Waals surface area contributed by atoms with Crippen LogP contribution < -0.4 is 5.73 Å². The molecule has 4 heteroatoms. The first kappa shape index (κ1) is 8.51. The lowest BCUT2D eigenvalue weighted by molar-refractivity contribution is 0.410. The number of sulfone groups is 1. The van der Waals surface area contributed by atoms with Crippen molar-refractivity contribution in [2.45, 2.75) is 37.0 Å². The maximum Gasteiger partial charge on any atom is 0.156 e. The molecule has 0 aromatic heterocycles. The van der Waals surface area contributed by atoms with Crippen molar-refractivity contribution in [2.24, 2.45) is 11.7 Å². The molecule has 2 atom stereocenters. The van der Waals surface area contributed by atoms with Gasteiger partial charge in [0, 0.05) is 6.04 Å². The minimum atomic E-state index is -2.78. The smallest absolute Gasteiger partial charge is 0.156 e. The van der Waals surface area contributed by atoms with Gasteiger partial charge in [0.2, 0.25) is 0 Å². The van der Waals surface area contributed by atoms with Crippen LogP contribution in [0.1, 0.15) is 25.7 Å². The first-order valence-corrected chi connectivity index (χ1v) is 6.30. The molecule has 70 valence electrons. The van der Waals surface area contributed by atoms with Gasteiger partial charge in [-0.3, -0.25) is 0 Å². The molecule has 12 heavy (non-hydrogen) atoms. The van der Waals surface area contributed by atoms with Crippen molar-refractivity contribution in [3.05, 3.63) is 0 Å². The molecular formula is C8H15NO2S. The van der Waals surface area contributed by atoms with Gasteiger partial charge in [-0.1, -0.05) is 12.8 Å². The molecule has 2 unspecified atom stereocenters. The highest BCUT2D eigenvalue weighted by Gasteiger charge is 2.48. The van der Waals surface area contributed by atoms with E-state index in [2.05, 4.69) is 0 Å². The number of rotatable bonds is 1. The van der Waals surface area contributed by atoms with Gasteiger partial charge < -0.3 is 5.73 Å². The van der Waals surface area contributed by atoms with Gasteiger partial charge >= 0.3 is 0 Å². The second-order valence-electron chi connectivity index (χ2n) is 4.00. The lowest BCUT2D eigenvalue weighted by Gasteiger charge is -2.37. The summed E-state index contributed by atoms with van der Waals surface area (Å²) in [4.78, 5) is 0. The van der Waals surface area contributed by atoms with Crippen LogP contribution in [-0.4, -0.2) is 25.5 Å². The molecule has 0 radical (unpaired) electrons. The molecule has 0 aromatic rings. The van der Waals surface area contributed by atoms with Crippen molar-refractivity contribution in [3.8, 4) is 0 Å². The SMILES string of the molecule is NC1CS(=O)(=O)C1C1CCCC1. The summed E-state index contributed by atoms with van der Waals surface area (Å²) in [5.41, 5.74) is 5.70. The molecule has 2 aliphatic rings. The Morgan fingerprint density at radius 3 is 2.17 bits per heavy atom. The van der Waals surface area contributed by atoms with Gasteiger partial charge in [0.25, 0.3) is 0 Å². The summed E-state index contributed by atoms with van der Waals surface area (Å²) in [6, 6.07) is -0.0712. The van der Waals surface area contributed by atoms with E-state index in [1.807, 2.05) is 0 Å². The third-order valence-electron chi connectivity index (χ3n) is 3.13. The molecule has 2 fully saturated rings. The van der Waals surface area contributed by atoms with Crippen molar-refractivity contribution in [1.82, 2.24) is 0 Å². The van der Waals surface area contributed by atoms with Gasteiger partial charge in [0.15, 0.2) is 9.84 Å². The van der Waals surface area contributed by atoms with Gasteiger partial charge in [0.05, 0.1) is 11.0 Å². The van der Waals surface area contributed by atoms with E-state index in [4.69, 9.17) is 5.73 Å². The zero-order valence-corrected chi connectivity index (χ0v) is 7.89. The Hall–Kier alpha value is -0.0900. The summed E-state index contributed by atoms with van der Waals surface area (Å²) in [6.45, 7) is 0. The first-order chi connectivity index (χ1) is 5.61. The van der Waals surface area contributed by atoms with Crippen LogP contribution in [0.4, 0.5) is 0 Å². The van der Waals surface area contributed by atoms with Gasteiger partial charge in [-0.05, 0) is 18.8 Å². The molecule has 1 saturated heterocycles. The van der Waals surface area contributed by atoms with E-state index < -0.39 is 9.84 Å². The predicted molar refractivity (Wildman–Crippen MR) is 47.5 cm³/mol. The zero-order chi connectivity index (χ0) is 8.77. The molecule has 2 rings (SSSR count). The molecule has 1 aliphatic carbocycles. The topological polar surface area (TPSA) is 60.2 Å². The number of nitrogens with two attached hydrogens (primary N) is 1. The van der Waals surface area contributed by atoms with Crippen molar-refractivity contribution in [2.75, 3.05) is 5.75 Å². The van der Waals surface area contributed by atoms with E-state index in [9.17, 15) is 8.42 Å². The summed E-state index contributed by atoms with van der Waals surface area (Å²) in [6.07, 6.45) is 4.50. The van der Waals surface area contributed by atoms with Crippen LogP contribution >= 0.6 is 0 Å². The van der Waals surface area contributed by atoms with E-state index in [1.54, 1.807) is 0 Å². The van der Waals surface area contributed by atoms with E-state index in [0.717, 1.165) is 12.8 Å². The third-order valence-corrected chi connectivity index (χ3v) is 5.54. The standard InChI is InChI=1S/C8H15NO2S/c9-7-5-12(10,11)8(7)6-3-1-2-4-6/h6-8H,1-5,9H2. The second kappa shape index (κ2) is 2.70. The minimum Gasteiger partial charge on any atom is -0.326 e. The average molecular weight is 189 g/mol. The zero-order valence-electron chi connectivity index (χ0n) is 7.07. The molecule has 0 aromatic carbocycles. The largest absolute Gasteiger partial charge is 0.326 e. The van der Waals surface area contributed by atoms with Crippen LogP contribution in [0, 0.1) is 5.92 Å². The van der Waals surface area contributed by atoms with Crippen LogP contribution in [0.2, 0.25) is 0 Å². The summed E-state index contributed by atoms with van der Waals surface area (Å²) in [5, 5.41) is -0.194. The fraction of sp³-hybridized carbons (Fsp3) is 1.00. The van der Waals surface area contributed by atoms with Gasteiger partial charge in [-0.15, -0.1) is 0 Å². The van der Waals surface area contributed by atoms with Crippen molar-refractivity contribution in [3.63, 3.8) is 0 Å². The maximum atomic E-state index is 11.3. The van der Waals surface area contributed by atoms with E-state index in [0.29, 0.717) is 5.92 Å². The average Bonchev–Trinajstić information content (AvgIpc) is 2.37. The molecule has 1 heterocycles. The van der Waals surface area contributed by atoms with Crippen molar-refractivity contribution < 1.29 is 8.42 Å². The third kappa shape index (κ3) is 1.17. The quantitative estimate of drug-likeness (QED) is 0.645. The normalized spacial score (nSPS) is 41.1. The van der Waals surface area contributed by atoms with Crippen molar-refractivity contribution >= 4 is 9.84 Å². The number of hydrogen-bond donors (Lipinski definition) is 1. The highest BCUT2D eigenvalue weighted by Crippen LogP contribution is 2.37. The highest BCUT2D eigenvalue weighted by atomic mass is 32.2. The molecule has 0 amide bonds. The molecule has 2 N–H and O–H groups in total. The fourth-order valence-electron chi connectivity index (χ4n) is 2.55. The summed E-state index contributed by atoms with van der Waals surface area (Å²) in [7, 11) is -2.78. The molecule has 0 bridgehead atoms. The highest BCUT2D eigenvalue weighted by molar-refractivity contribution is 7.93. The Morgan fingerprint density at radius 2 is 1.75 bits per heavy atom. The van der Waals surface area contributed by atoms with Crippen molar-refractivity contribution in [1.29, 1.82) is 0 Å². The molecule has 3 nitrogen and oxygen atoms in total. The Balaban J connectivity index is 2.11. The Labute approximate surface area is 73.2 Å². The van der Waals surface area contributed by atoms with Crippen LogP contribution in [0.5, 0.6) is 0 Å². The molecular weight excluding hydrogens is 174 g/mol. The first-order valence-electron chi connectivity index (χ1n) is 4.58. The Kier molecular flexibility index (Phi) is 1.92. The molecule has 1 aliphatic heterocycles. The maximum absolute atomic E-state index is 11.3. The van der Waals surface area contributed by atoms with E-state index in [1.165, 1.54) is 12.8 Å². The lowest BCUT2D eigenvalue weighted by Crippen LogP contribution is -2.59. The molecule has 0 spiro atoms. The Morgan fingerprint density at radius 1 is 1.17 bits per heavy atom. The second-order valence-corrected chi connectivity index (χ2v) is 6.21. The van der Waals surface area contributed by atoms with Crippen LogP contribution in [0.25, 0.3) is 0 Å². The van der Waals surface area contributed by atoms with Gasteiger partial charge in [0.1, 0.15) is 0 Å². The molecule has 1 saturated carbocycles. The van der Waals surface area contributed by atoms with Gasteiger partial charge in [-0.25, -0.2) is 8.42 Å². The van der Waals surface area contributed by atoms with Crippen LogP contribution in [0.3, 0.4) is 0 Å². The van der Waals surface area contributed by atoms with Crippen LogP contribution in [-0.2, 0) is 9.84 Å². The summed E-state index contributed by atoms with van der Waals surface area (Å²) >= 11 is 0. The predicted octanol–water partition coefficient (Wildman–Crippen LogP) is 0.301. The summed E-state index contributed by atoms with van der Waals surface area (Å²) < 4.78 is 22.7. The van der Waals surface area contributed by atoms with E-state index >= 15 is 0 Å². The van der Waals surface area contributed by atoms with E-state index in [-0.39, 0.29) is 17.0 Å². The number of hydrogen-bond acceptors (Lipinski definition) is 3. The lowest BCUT2D eigenvalue weighted by atomic mass is 9.98. The monoisotopic (exact) mass is 189 g/mol. The summed E-state index contributed by atoms with van der Waals surface area (Å²) in [5.74, 6) is 0.590. The minimum absolute atomic E-state index is 0.0712. The van der Waals surface area contributed by atoms with Gasteiger partial charge in [-0.2, -0.15) is 0 Å². The Bertz CT molecular complexity index is 267.